The standard InChI is InChI=1S/C15H19N3O3/c1-4-12-17-14-10(15(20)21)6-5-7-11(14)18(12)8-13(19)16-9(2)3/h5-7,9H,4,8H2,1-3H3,(H,16,19)(H,20,21). The number of aromatic nitrogens is 2. The molecule has 1 amide bonds. The second-order valence-electron chi connectivity index (χ2n) is 5.17. The average molecular weight is 289 g/mol. The van der Waals surface area contributed by atoms with Gasteiger partial charge in [-0.2, -0.15) is 0 Å². The Kier molecular flexibility index (Phi) is 4.26. The van der Waals surface area contributed by atoms with E-state index in [2.05, 4.69) is 10.3 Å². The third-order valence-corrected chi connectivity index (χ3v) is 3.16. The predicted molar refractivity (Wildman–Crippen MR) is 79.3 cm³/mol. The van der Waals surface area contributed by atoms with Gasteiger partial charge >= 0.3 is 5.97 Å². The zero-order chi connectivity index (χ0) is 15.6. The third kappa shape index (κ3) is 3.04. The summed E-state index contributed by atoms with van der Waals surface area (Å²) in [6, 6.07) is 5.04. The summed E-state index contributed by atoms with van der Waals surface area (Å²) < 4.78 is 1.78. The van der Waals surface area contributed by atoms with Crippen LogP contribution in [0.25, 0.3) is 11.0 Å². The summed E-state index contributed by atoms with van der Waals surface area (Å²) in [6.45, 7) is 5.86. The van der Waals surface area contributed by atoms with E-state index in [0.29, 0.717) is 23.3 Å². The molecule has 2 rings (SSSR count). The molecule has 0 spiro atoms. The van der Waals surface area contributed by atoms with Crippen molar-refractivity contribution in [2.75, 3.05) is 0 Å². The SMILES string of the molecule is CCc1nc2c(C(=O)O)cccc2n1CC(=O)NC(C)C. The number of carboxylic acid groups (broad SMARTS) is 1. The Morgan fingerprint density at radius 2 is 2.10 bits per heavy atom. The first-order valence-electron chi connectivity index (χ1n) is 6.94. The van der Waals surface area contributed by atoms with E-state index < -0.39 is 5.97 Å². The van der Waals surface area contributed by atoms with Crippen LogP contribution >= 0.6 is 0 Å². The summed E-state index contributed by atoms with van der Waals surface area (Å²) in [4.78, 5) is 27.6. The molecular formula is C15H19N3O3. The number of para-hydroxylation sites is 1. The minimum atomic E-state index is -1.01. The van der Waals surface area contributed by atoms with Crippen LogP contribution < -0.4 is 5.32 Å². The molecule has 0 aliphatic rings. The lowest BCUT2D eigenvalue weighted by Gasteiger charge is -2.11. The number of aromatic carboxylic acids is 1. The lowest BCUT2D eigenvalue weighted by atomic mass is 10.2. The summed E-state index contributed by atoms with van der Waals surface area (Å²) in [5, 5.41) is 12.1. The van der Waals surface area contributed by atoms with Gasteiger partial charge in [-0.1, -0.05) is 13.0 Å². The van der Waals surface area contributed by atoms with E-state index >= 15 is 0 Å². The van der Waals surface area contributed by atoms with Crippen LogP contribution in [0, 0.1) is 0 Å². The Morgan fingerprint density at radius 3 is 2.67 bits per heavy atom. The topological polar surface area (TPSA) is 84.2 Å². The number of carbonyl (C=O) groups is 2. The fourth-order valence-electron chi connectivity index (χ4n) is 2.33. The number of fused-ring (bicyclic) bond motifs is 1. The van der Waals surface area contributed by atoms with E-state index in [1.807, 2.05) is 20.8 Å². The monoisotopic (exact) mass is 289 g/mol. The molecule has 21 heavy (non-hydrogen) atoms. The summed E-state index contributed by atoms with van der Waals surface area (Å²) in [7, 11) is 0. The molecule has 0 saturated heterocycles. The van der Waals surface area contributed by atoms with E-state index in [0.717, 1.165) is 0 Å². The van der Waals surface area contributed by atoms with Crippen LogP contribution in [-0.2, 0) is 17.8 Å². The first kappa shape index (κ1) is 15.0. The number of aryl methyl sites for hydroxylation is 1. The number of imidazole rings is 1. The highest BCUT2D eigenvalue weighted by Crippen LogP contribution is 2.20. The summed E-state index contributed by atoms with van der Waals surface area (Å²) >= 11 is 0. The van der Waals surface area contributed by atoms with Crippen molar-refractivity contribution in [3.8, 4) is 0 Å². The molecule has 0 bridgehead atoms. The van der Waals surface area contributed by atoms with Gasteiger partial charge in [-0.05, 0) is 26.0 Å². The smallest absolute Gasteiger partial charge is 0.337 e. The molecule has 0 aliphatic carbocycles. The van der Waals surface area contributed by atoms with Crippen molar-refractivity contribution in [1.29, 1.82) is 0 Å². The van der Waals surface area contributed by atoms with Crippen molar-refractivity contribution in [3.63, 3.8) is 0 Å². The third-order valence-electron chi connectivity index (χ3n) is 3.16. The minimum absolute atomic E-state index is 0.0620. The lowest BCUT2D eigenvalue weighted by molar-refractivity contribution is -0.122. The molecular weight excluding hydrogens is 270 g/mol. The molecule has 0 atom stereocenters. The van der Waals surface area contributed by atoms with Crippen molar-refractivity contribution in [1.82, 2.24) is 14.9 Å². The highest BCUT2D eigenvalue weighted by Gasteiger charge is 2.17. The van der Waals surface area contributed by atoms with Gasteiger partial charge in [0, 0.05) is 12.5 Å². The van der Waals surface area contributed by atoms with Crippen LogP contribution in [0.5, 0.6) is 0 Å². The molecule has 0 unspecified atom stereocenters. The number of amides is 1. The highest BCUT2D eigenvalue weighted by atomic mass is 16.4. The fraction of sp³-hybridized carbons (Fsp3) is 0.400. The molecule has 6 nitrogen and oxygen atoms in total. The van der Waals surface area contributed by atoms with Crippen molar-refractivity contribution in [2.45, 2.75) is 39.8 Å². The first-order chi connectivity index (χ1) is 9.93. The van der Waals surface area contributed by atoms with Gasteiger partial charge in [-0.25, -0.2) is 9.78 Å². The number of hydrogen-bond acceptors (Lipinski definition) is 3. The first-order valence-corrected chi connectivity index (χ1v) is 6.94. The summed E-state index contributed by atoms with van der Waals surface area (Å²) in [5.41, 5.74) is 1.26. The van der Waals surface area contributed by atoms with Gasteiger partial charge in [-0.3, -0.25) is 4.79 Å². The van der Waals surface area contributed by atoms with Crippen molar-refractivity contribution in [3.05, 3.63) is 29.6 Å². The second-order valence-corrected chi connectivity index (χ2v) is 5.17. The van der Waals surface area contributed by atoms with Gasteiger partial charge in [-0.15, -0.1) is 0 Å². The molecule has 0 radical (unpaired) electrons. The molecule has 1 aromatic heterocycles. The number of rotatable bonds is 5. The summed E-state index contributed by atoms with van der Waals surface area (Å²) in [6.07, 6.45) is 0.628. The van der Waals surface area contributed by atoms with Crippen molar-refractivity contribution >= 4 is 22.9 Å². The van der Waals surface area contributed by atoms with Gasteiger partial charge < -0.3 is 15.0 Å². The number of carboxylic acids is 1. The van der Waals surface area contributed by atoms with E-state index in [4.69, 9.17) is 0 Å². The van der Waals surface area contributed by atoms with Crippen molar-refractivity contribution < 1.29 is 14.7 Å². The maximum Gasteiger partial charge on any atom is 0.337 e. The Labute approximate surface area is 122 Å². The maximum absolute atomic E-state index is 12.0. The molecule has 1 heterocycles. The number of carbonyl (C=O) groups excluding carboxylic acids is 1. The molecule has 112 valence electrons. The van der Waals surface area contributed by atoms with Crippen LogP contribution in [-0.4, -0.2) is 32.6 Å². The molecule has 0 aliphatic heterocycles. The van der Waals surface area contributed by atoms with Crippen LogP contribution in [0.4, 0.5) is 0 Å². The molecule has 6 heteroatoms. The van der Waals surface area contributed by atoms with Gasteiger partial charge in [0.2, 0.25) is 5.91 Å². The van der Waals surface area contributed by atoms with Gasteiger partial charge in [0.25, 0.3) is 0 Å². The zero-order valence-corrected chi connectivity index (χ0v) is 12.4. The Hall–Kier alpha value is -2.37. The Balaban J connectivity index is 2.49. The lowest BCUT2D eigenvalue weighted by Crippen LogP contribution is -2.33. The Morgan fingerprint density at radius 1 is 1.38 bits per heavy atom. The molecule has 2 N–H and O–H groups in total. The van der Waals surface area contributed by atoms with Crippen LogP contribution in [0.1, 0.15) is 37.0 Å². The van der Waals surface area contributed by atoms with E-state index in [-0.39, 0.29) is 24.1 Å². The van der Waals surface area contributed by atoms with Gasteiger partial charge in [0.1, 0.15) is 17.9 Å². The molecule has 0 fully saturated rings. The molecule has 1 aromatic carbocycles. The number of nitrogens with one attached hydrogen (secondary N) is 1. The molecule has 0 saturated carbocycles. The number of nitrogens with zero attached hydrogens (tertiary/aromatic N) is 2. The summed E-state index contributed by atoms with van der Waals surface area (Å²) in [5.74, 6) is -0.420. The maximum atomic E-state index is 12.0. The van der Waals surface area contributed by atoms with Crippen LogP contribution in [0.3, 0.4) is 0 Å². The predicted octanol–water partition coefficient (Wildman–Crippen LogP) is 1.82. The zero-order valence-electron chi connectivity index (χ0n) is 12.4. The van der Waals surface area contributed by atoms with E-state index in [1.54, 1.807) is 16.7 Å². The number of benzene rings is 1. The minimum Gasteiger partial charge on any atom is -0.478 e. The van der Waals surface area contributed by atoms with Crippen LogP contribution in [0.2, 0.25) is 0 Å². The second kappa shape index (κ2) is 5.95. The number of hydrogen-bond donors (Lipinski definition) is 2. The van der Waals surface area contributed by atoms with Gasteiger partial charge in [0.05, 0.1) is 11.1 Å². The average Bonchev–Trinajstić information content (AvgIpc) is 2.75. The Bertz CT molecular complexity index is 689. The largest absolute Gasteiger partial charge is 0.478 e. The fourth-order valence-corrected chi connectivity index (χ4v) is 2.33. The van der Waals surface area contributed by atoms with E-state index in [9.17, 15) is 14.7 Å². The quantitative estimate of drug-likeness (QED) is 0.879. The van der Waals surface area contributed by atoms with Crippen molar-refractivity contribution in [2.24, 2.45) is 0 Å². The molecule has 2 aromatic rings. The van der Waals surface area contributed by atoms with Crippen LogP contribution in [0.15, 0.2) is 18.2 Å². The highest BCUT2D eigenvalue weighted by molar-refractivity contribution is 6.01. The normalized spacial score (nSPS) is 11.0. The van der Waals surface area contributed by atoms with E-state index in [1.165, 1.54) is 6.07 Å². The van der Waals surface area contributed by atoms with Gasteiger partial charge in [0.15, 0.2) is 0 Å².